The van der Waals surface area contributed by atoms with Crippen molar-refractivity contribution in [1.82, 2.24) is 4.98 Å². The molecule has 1 heterocycles. The lowest BCUT2D eigenvalue weighted by molar-refractivity contribution is 0.420. The molecular formula is C11H11ClN2O. The number of anilines is 1. The predicted molar refractivity (Wildman–Crippen MR) is 62.5 cm³/mol. The highest BCUT2D eigenvalue weighted by Gasteiger charge is 2.10. The van der Waals surface area contributed by atoms with Crippen LogP contribution >= 0.6 is 11.6 Å². The lowest BCUT2D eigenvalue weighted by Gasteiger charge is -2.09. The fourth-order valence-electron chi connectivity index (χ4n) is 1.61. The van der Waals surface area contributed by atoms with Gasteiger partial charge in [-0.2, -0.15) is 0 Å². The van der Waals surface area contributed by atoms with Crippen molar-refractivity contribution in [2.24, 2.45) is 0 Å². The molecule has 0 spiro atoms. The van der Waals surface area contributed by atoms with Gasteiger partial charge in [0.1, 0.15) is 5.75 Å². The van der Waals surface area contributed by atoms with Crippen molar-refractivity contribution in [3.05, 3.63) is 28.9 Å². The zero-order valence-corrected chi connectivity index (χ0v) is 9.30. The molecule has 3 nitrogen and oxygen atoms in total. The molecule has 0 amide bonds. The number of aromatic nitrogens is 1. The van der Waals surface area contributed by atoms with Gasteiger partial charge in [0.2, 0.25) is 0 Å². The van der Waals surface area contributed by atoms with Crippen molar-refractivity contribution in [2.75, 3.05) is 12.8 Å². The van der Waals surface area contributed by atoms with Crippen molar-refractivity contribution in [2.45, 2.75) is 6.92 Å². The fraction of sp³-hybridized carbons (Fsp3) is 0.182. The van der Waals surface area contributed by atoms with Gasteiger partial charge in [-0.3, -0.25) is 4.98 Å². The van der Waals surface area contributed by atoms with Crippen LogP contribution in [0.5, 0.6) is 5.75 Å². The Morgan fingerprint density at radius 2 is 2.13 bits per heavy atom. The standard InChI is InChI=1S/C11H11ClN2O/c1-6-5-8(13)10-9(15-2)4-3-7(12)11(10)14-6/h3-5H,1-2H3,(H2,13,14). The number of ether oxygens (including phenoxy) is 1. The Morgan fingerprint density at radius 3 is 2.80 bits per heavy atom. The number of pyridine rings is 1. The lowest BCUT2D eigenvalue weighted by Crippen LogP contribution is -1.95. The molecule has 0 unspecified atom stereocenters. The zero-order chi connectivity index (χ0) is 11.0. The summed E-state index contributed by atoms with van der Waals surface area (Å²) in [6.07, 6.45) is 0. The lowest BCUT2D eigenvalue weighted by atomic mass is 10.1. The van der Waals surface area contributed by atoms with Gasteiger partial charge < -0.3 is 10.5 Å². The molecule has 1 aromatic heterocycles. The number of fused-ring (bicyclic) bond motifs is 1. The van der Waals surface area contributed by atoms with E-state index in [1.54, 1.807) is 25.3 Å². The van der Waals surface area contributed by atoms with E-state index in [2.05, 4.69) is 4.98 Å². The van der Waals surface area contributed by atoms with Gasteiger partial charge in [-0.15, -0.1) is 0 Å². The van der Waals surface area contributed by atoms with E-state index >= 15 is 0 Å². The number of halogens is 1. The van der Waals surface area contributed by atoms with E-state index in [0.29, 0.717) is 22.0 Å². The second kappa shape index (κ2) is 3.59. The molecule has 0 saturated heterocycles. The molecule has 2 aromatic rings. The van der Waals surface area contributed by atoms with Gasteiger partial charge in [0, 0.05) is 11.4 Å². The largest absolute Gasteiger partial charge is 0.496 e. The Bertz CT molecular complexity index is 525. The maximum absolute atomic E-state index is 6.06. The van der Waals surface area contributed by atoms with Crippen LogP contribution in [-0.4, -0.2) is 12.1 Å². The van der Waals surface area contributed by atoms with Gasteiger partial charge in [-0.1, -0.05) is 11.6 Å². The van der Waals surface area contributed by atoms with Crippen LogP contribution in [0.3, 0.4) is 0 Å². The minimum atomic E-state index is 0.584. The number of nitrogens with two attached hydrogens (primary N) is 1. The summed E-state index contributed by atoms with van der Waals surface area (Å²) in [4.78, 5) is 4.35. The third kappa shape index (κ3) is 1.59. The van der Waals surface area contributed by atoms with E-state index in [4.69, 9.17) is 22.1 Å². The molecule has 78 valence electrons. The maximum atomic E-state index is 6.06. The monoisotopic (exact) mass is 222 g/mol. The SMILES string of the molecule is COc1ccc(Cl)c2nc(C)cc(N)c12. The molecule has 0 atom stereocenters. The molecule has 2 rings (SSSR count). The van der Waals surface area contributed by atoms with Crippen LogP contribution in [0.25, 0.3) is 10.9 Å². The van der Waals surface area contributed by atoms with Gasteiger partial charge in [-0.05, 0) is 25.1 Å². The van der Waals surface area contributed by atoms with Crippen molar-refractivity contribution in [3.8, 4) is 5.75 Å². The number of benzene rings is 1. The minimum absolute atomic E-state index is 0.584. The van der Waals surface area contributed by atoms with Gasteiger partial charge in [-0.25, -0.2) is 0 Å². The molecule has 15 heavy (non-hydrogen) atoms. The van der Waals surface area contributed by atoms with E-state index < -0.39 is 0 Å². The first-order valence-corrected chi connectivity index (χ1v) is 4.90. The summed E-state index contributed by atoms with van der Waals surface area (Å²) in [5.41, 5.74) is 8.09. The summed E-state index contributed by atoms with van der Waals surface area (Å²) in [5, 5.41) is 1.36. The van der Waals surface area contributed by atoms with E-state index in [1.165, 1.54) is 0 Å². The summed E-state index contributed by atoms with van der Waals surface area (Å²) in [6, 6.07) is 5.35. The highest BCUT2D eigenvalue weighted by Crippen LogP contribution is 2.34. The van der Waals surface area contributed by atoms with Crippen molar-refractivity contribution >= 4 is 28.2 Å². The van der Waals surface area contributed by atoms with Crippen LogP contribution < -0.4 is 10.5 Å². The Kier molecular flexibility index (Phi) is 2.40. The van der Waals surface area contributed by atoms with Crippen LogP contribution in [0.2, 0.25) is 5.02 Å². The van der Waals surface area contributed by atoms with E-state index in [9.17, 15) is 0 Å². The average Bonchev–Trinajstić information content (AvgIpc) is 2.19. The first-order chi connectivity index (χ1) is 7.13. The van der Waals surface area contributed by atoms with Crippen molar-refractivity contribution in [3.63, 3.8) is 0 Å². The molecule has 4 heteroatoms. The van der Waals surface area contributed by atoms with Gasteiger partial charge in [0.15, 0.2) is 0 Å². The van der Waals surface area contributed by atoms with Gasteiger partial charge in [0.05, 0.1) is 23.0 Å². The van der Waals surface area contributed by atoms with Crippen LogP contribution in [-0.2, 0) is 0 Å². The topological polar surface area (TPSA) is 48.1 Å². The van der Waals surface area contributed by atoms with E-state index in [-0.39, 0.29) is 0 Å². The van der Waals surface area contributed by atoms with E-state index in [1.807, 2.05) is 6.92 Å². The summed E-state index contributed by atoms with van der Waals surface area (Å²) in [7, 11) is 1.60. The highest BCUT2D eigenvalue weighted by molar-refractivity contribution is 6.35. The molecule has 0 aliphatic rings. The van der Waals surface area contributed by atoms with Crippen LogP contribution in [0.4, 0.5) is 5.69 Å². The third-order valence-corrected chi connectivity index (χ3v) is 2.56. The first-order valence-electron chi connectivity index (χ1n) is 4.53. The van der Waals surface area contributed by atoms with E-state index in [0.717, 1.165) is 11.1 Å². The highest BCUT2D eigenvalue weighted by atomic mass is 35.5. The molecular weight excluding hydrogens is 212 g/mol. The molecule has 1 aromatic carbocycles. The summed E-state index contributed by atoms with van der Waals surface area (Å²) in [5.74, 6) is 0.694. The average molecular weight is 223 g/mol. The van der Waals surface area contributed by atoms with Crippen LogP contribution in [0, 0.1) is 6.92 Å². The number of rotatable bonds is 1. The van der Waals surface area contributed by atoms with Crippen molar-refractivity contribution < 1.29 is 4.74 Å². The Morgan fingerprint density at radius 1 is 1.40 bits per heavy atom. The van der Waals surface area contributed by atoms with Gasteiger partial charge in [0.25, 0.3) is 0 Å². The predicted octanol–water partition coefficient (Wildman–Crippen LogP) is 2.79. The molecule has 0 saturated carbocycles. The number of methoxy groups -OCH3 is 1. The molecule has 0 aliphatic carbocycles. The zero-order valence-electron chi connectivity index (χ0n) is 8.54. The normalized spacial score (nSPS) is 10.6. The maximum Gasteiger partial charge on any atom is 0.130 e. The quantitative estimate of drug-likeness (QED) is 0.807. The number of hydrogen-bond acceptors (Lipinski definition) is 3. The smallest absolute Gasteiger partial charge is 0.130 e. The second-order valence-electron chi connectivity index (χ2n) is 3.33. The van der Waals surface area contributed by atoms with Crippen LogP contribution in [0.15, 0.2) is 18.2 Å². The van der Waals surface area contributed by atoms with Crippen LogP contribution in [0.1, 0.15) is 5.69 Å². The minimum Gasteiger partial charge on any atom is -0.496 e. The molecule has 0 fully saturated rings. The Labute approximate surface area is 92.8 Å². The molecule has 0 aliphatic heterocycles. The summed E-state index contributed by atoms with van der Waals surface area (Å²) >= 11 is 6.06. The third-order valence-electron chi connectivity index (χ3n) is 2.25. The van der Waals surface area contributed by atoms with Crippen molar-refractivity contribution in [1.29, 1.82) is 0 Å². The van der Waals surface area contributed by atoms with Gasteiger partial charge >= 0.3 is 0 Å². The first kappa shape index (κ1) is 10.1. The number of hydrogen-bond donors (Lipinski definition) is 1. The Balaban J connectivity index is 2.93. The number of nitrogen functional groups attached to an aromatic ring is 1. The second-order valence-corrected chi connectivity index (χ2v) is 3.73. The summed E-state index contributed by atoms with van der Waals surface area (Å²) < 4.78 is 5.22. The molecule has 0 radical (unpaired) electrons. The molecule has 0 bridgehead atoms. The molecule has 2 N–H and O–H groups in total. The summed E-state index contributed by atoms with van der Waals surface area (Å²) in [6.45, 7) is 1.88. The Hall–Kier alpha value is -1.48. The fourth-order valence-corrected chi connectivity index (χ4v) is 1.81. The number of nitrogens with zero attached hydrogens (tertiary/aromatic N) is 1. The number of aryl methyl sites for hydroxylation is 1.